The number of aryl methyl sites for hydroxylation is 1. The number of carbonyl (C=O) groups excluding carboxylic acids is 1. The van der Waals surface area contributed by atoms with Gasteiger partial charge in [0, 0.05) is 19.3 Å². The molecule has 0 aliphatic heterocycles. The van der Waals surface area contributed by atoms with Crippen LogP contribution in [0.2, 0.25) is 0 Å². The third kappa shape index (κ3) is 4.85. The number of rotatable bonds is 8. The molecule has 0 radical (unpaired) electrons. The summed E-state index contributed by atoms with van der Waals surface area (Å²) in [7, 11) is 1.84. The molecule has 4 nitrogen and oxygen atoms in total. The molecule has 2 N–H and O–H groups in total. The quantitative estimate of drug-likeness (QED) is 0.718. The number of amides is 1. The SMILES string of the molecule is CCN(CC)CCCNC(=O)c1ccc(C)cc1NC. The summed E-state index contributed by atoms with van der Waals surface area (Å²) in [5.74, 6) is -0.00565. The van der Waals surface area contributed by atoms with Crippen LogP contribution < -0.4 is 10.6 Å². The van der Waals surface area contributed by atoms with E-state index in [4.69, 9.17) is 0 Å². The van der Waals surface area contributed by atoms with Gasteiger partial charge >= 0.3 is 0 Å². The Kier molecular flexibility index (Phi) is 7.09. The van der Waals surface area contributed by atoms with E-state index in [1.807, 2.05) is 32.2 Å². The highest BCUT2D eigenvalue weighted by molar-refractivity contribution is 5.99. The summed E-state index contributed by atoms with van der Waals surface area (Å²) in [5, 5.41) is 6.07. The van der Waals surface area contributed by atoms with E-state index in [-0.39, 0.29) is 5.91 Å². The van der Waals surface area contributed by atoms with Crippen LogP contribution in [0.5, 0.6) is 0 Å². The Morgan fingerprint density at radius 2 is 1.95 bits per heavy atom. The van der Waals surface area contributed by atoms with E-state index in [1.165, 1.54) is 0 Å². The van der Waals surface area contributed by atoms with Gasteiger partial charge in [0.1, 0.15) is 0 Å². The third-order valence-electron chi connectivity index (χ3n) is 3.52. The van der Waals surface area contributed by atoms with E-state index in [2.05, 4.69) is 29.4 Å². The Labute approximate surface area is 122 Å². The van der Waals surface area contributed by atoms with Crippen LogP contribution in [0.4, 0.5) is 5.69 Å². The van der Waals surface area contributed by atoms with Crippen molar-refractivity contribution < 1.29 is 4.79 Å². The number of hydrogen-bond donors (Lipinski definition) is 2. The van der Waals surface area contributed by atoms with Gasteiger partial charge in [-0.05, 0) is 50.7 Å². The summed E-state index contributed by atoms with van der Waals surface area (Å²) in [6.45, 7) is 10.2. The summed E-state index contributed by atoms with van der Waals surface area (Å²) in [6.07, 6.45) is 0.980. The van der Waals surface area contributed by atoms with E-state index in [0.29, 0.717) is 12.1 Å². The van der Waals surface area contributed by atoms with E-state index in [1.54, 1.807) is 0 Å². The number of nitrogens with one attached hydrogen (secondary N) is 2. The summed E-state index contributed by atoms with van der Waals surface area (Å²) in [5.41, 5.74) is 2.74. The van der Waals surface area contributed by atoms with Crippen molar-refractivity contribution in [2.75, 3.05) is 38.5 Å². The van der Waals surface area contributed by atoms with Gasteiger partial charge in [-0.2, -0.15) is 0 Å². The fourth-order valence-corrected chi connectivity index (χ4v) is 2.20. The molecule has 20 heavy (non-hydrogen) atoms. The minimum atomic E-state index is -0.00565. The highest BCUT2D eigenvalue weighted by atomic mass is 16.1. The normalized spacial score (nSPS) is 10.7. The number of hydrogen-bond acceptors (Lipinski definition) is 3. The van der Waals surface area contributed by atoms with Crippen molar-refractivity contribution in [1.29, 1.82) is 0 Å². The molecule has 4 heteroatoms. The highest BCUT2D eigenvalue weighted by Crippen LogP contribution is 2.16. The predicted octanol–water partition coefficient (Wildman–Crippen LogP) is 2.50. The second-order valence-electron chi connectivity index (χ2n) is 4.94. The Morgan fingerprint density at radius 1 is 1.25 bits per heavy atom. The Morgan fingerprint density at radius 3 is 2.55 bits per heavy atom. The Bertz CT molecular complexity index is 428. The molecule has 0 fully saturated rings. The number of carbonyl (C=O) groups is 1. The lowest BCUT2D eigenvalue weighted by atomic mass is 10.1. The first kappa shape index (κ1) is 16.5. The average molecular weight is 277 g/mol. The molecule has 0 saturated carbocycles. The zero-order valence-electron chi connectivity index (χ0n) is 13.1. The molecule has 0 heterocycles. The first-order valence-corrected chi connectivity index (χ1v) is 7.41. The first-order chi connectivity index (χ1) is 9.62. The van der Waals surface area contributed by atoms with E-state index in [0.717, 1.165) is 37.3 Å². The molecule has 1 amide bonds. The molecule has 0 aromatic heterocycles. The summed E-state index contributed by atoms with van der Waals surface area (Å²) < 4.78 is 0. The highest BCUT2D eigenvalue weighted by Gasteiger charge is 2.10. The van der Waals surface area contributed by atoms with Crippen molar-refractivity contribution in [2.45, 2.75) is 27.2 Å². The fraction of sp³-hybridized carbons (Fsp3) is 0.562. The van der Waals surface area contributed by atoms with Crippen molar-refractivity contribution in [3.05, 3.63) is 29.3 Å². The van der Waals surface area contributed by atoms with E-state index < -0.39 is 0 Å². The van der Waals surface area contributed by atoms with E-state index in [9.17, 15) is 4.79 Å². The van der Waals surface area contributed by atoms with Gasteiger partial charge in [0.15, 0.2) is 0 Å². The fourth-order valence-electron chi connectivity index (χ4n) is 2.20. The van der Waals surface area contributed by atoms with Gasteiger partial charge in [0.05, 0.1) is 5.56 Å². The topological polar surface area (TPSA) is 44.4 Å². The van der Waals surface area contributed by atoms with Crippen LogP contribution in [0, 0.1) is 6.92 Å². The van der Waals surface area contributed by atoms with Gasteiger partial charge in [-0.3, -0.25) is 4.79 Å². The number of nitrogens with zero attached hydrogens (tertiary/aromatic N) is 1. The average Bonchev–Trinajstić information content (AvgIpc) is 2.47. The van der Waals surface area contributed by atoms with Crippen molar-refractivity contribution in [3.63, 3.8) is 0 Å². The molecule has 1 aromatic carbocycles. The number of anilines is 1. The molecule has 1 rings (SSSR count). The summed E-state index contributed by atoms with van der Waals surface area (Å²) in [4.78, 5) is 14.5. The van der Waals surface area contributed by atoms with Crippen LogP contribution in [-0.2, 0) is 0 Å². The van der Waals surface area contributed by atoms with Gasteiger partial charge in [-0.15, -0.1) is 0 Å². The predicted molar refractivity (Wildman–Crippen MR) is 85.5 cm³/mol. The van der Waals surface area contributed by atoms with Crippen LogP contribution in [-0.4, -0.2) is 44.0 Å². The molecule has 0 saturated heterocycles. The van der Waals surface area contributed by atoms with Crippen LogP contribution >= 0.6 is 0 Å². The molecular weight excluding hydrogens is 250 g/mol. The number of benzene rings is 1. The summed E-state index contributed by atoms with van der Waals surface area (Å²) in [6, 6.07) is 5.83. The Balaban J connectivity index is 2.47. The second kappa shape index (κ2) is 8.59. The van der Waals surface area contributed by atoms with Crippen LogP contribution in [0.25, 0.3) is 0 Å². The summed E-state index contributed by atoms with van der Waals surface area (Å²) >= 11 is 0. The largest absolute Gasteiger partial charge is 0.387 e. The molecule has 0 aliphatic rings. The monoisotopic (exact) mass is 277 g/mol. The van der Waals surface area contributed by atoms with E-state index >= 15 is 0 Å². The van der Waals surface area contributed by atoms with Crippen molar-refractivity contribution >= 4 is 11.6 Å². The second-order valence-corrected chi connectivity index (χ2v) is 4.94. The van der Waals surface area contributed by atoms with Gasteiger partial charge < -0.3 is 15.5 Å². The molecule has 0 spiro atoms. The lowest BCUT2D eigenvalue weighted by Crippen LogP contribution is -2.30. The maximum atomic E-state index is 12.2. The molecule has 0 atom stereocenters. The van der Waals surface area contributed by atoms with Crippen molar-refractivity contribution in [1.82, 2.24) is 10.2 Å². The first-order valence-electron chi connectivity index (χ1n) is 7.41. The lowest BCUT2D eigenvalue weighted by molar-refractivity contribution is 0.0952. The van der Waals surface area contributed by atoms with Crippen molar-refractivity contribution in [2.24, 2.45) is 0 Å². The lowest BCUT2D eigenvalue weighted by Gasteiger charge is -2.18. The standard InChI is InChI=1S/C16H27N3O/c1-5-19(6-2)11-7-10-18-16(20)14-9-8-13(3)12-15(14)17-4/h8-9,12,17H,5-7,10-11H2,1-4H3,(H,18,20). The zero-order valence-corrected chi connectivity index (χ0v) is 13.1. The minimum Gasteiger partial charge on any atom is -0.387 e. The van der Waals surface area contributed by atoms with Crippen molar-refractivity contribution in [3.8, 4) is 0 Å². The van der Waals surface area contributed by atoms with Crippen LogP contribution in [0.3, 0.4) is 0 Å². The smallest absolute Gasteiger partial charge is 0.253 e. The minimum absolute atomic E-state index is 0.00565. The molecule has 0 aliphatic carbocycles. The van der Waals surface area contributed by atoms with Crippen LogP contribution in [0.15, 0.2) is 18.2 Å². The maximum absolute atomic E-state index is 12.2. The van der Waals surface area contributed by atoms with Gasteiger partial charge in [0.25, 0.3) is 5.91 Å². The molecule has 0 unspecified atom stereocenters. The molecule has 1 aromatic rings. The van der Waals surface area contributed by atoms with Gasteiger partial charge in [0.2, 0.25) is 0 Å². The maximum Gasteiger partial charge on any atom is 0.253 e. The zero-order chi connectivity index (χ0) is 15.0. The van der Waals surface area contributed by atoms with Crippen LogP contribution in [0.1, 0.15) is 36.2 Å². The van der Waals surface area contributed by atoms with Gasteiger partial charge in [-0.25, -0.2) is 0 Å². The van der Waals surface area contributed by atoms with Gasteiger partial charge in [-0.1, -0.05) is 19.9 Å². The molecule has 0 bridgehead atoms. The Hall–Kier alpha value is -1.55. The molecular formula is C16H27N3O. The third-order valence-corrected chi connectivity index (χ3v) is 3.52. The molecule has 112 valence electrons.